The fraction of sp³-hybridized carbons (Fsp3) is 0.346. The summed E-state index contributed by atoms with van der Waals surface area (Å²) >= 11 is 3.09. The molecular weight excluding hydrogens is 504 g/mol. The predicted molar refractivity (Wildman–Crippen MR) is 150 cm³/mol. The minimum atomic E-state index is -0.126. The summed E-state index contributed by atoms with van der Waals surface area (Å²) in [7, 11) is 0. The molecular formula is C26H30N8OS2. The first-order chi connectivity index (χ1) is 18.0. The van der Waals surface area contributed by atoms with Crippen molar-refractivity contribution in [3.8, 4) is 0 Å². The maximum absolute atomic E-state index is 12.5. The van der Waals surface area contributed by atoms with Crippen LogP contribution in [0.15, 0.2) is 48.5 Å². The van der Waals surface area contributed by atoms with E-state index >= 15 is 0 Å². The average molecular weight is 535 g/mol. The van der Waals surface area contributed by atoms with E-state index < -0.39 is 0 Å². The molecule has 1 amide bonds. The number of carbonyl (C=O) groups excluding carboxylic acids is 1. The summed E-state index contributed by atoms with van der Waals surface area (Å²) in [5.74, 6) is 0.533. The number of nitrogens with zero attached hydrogens (tertiary/aromatic N) is 4. The Morgan fingerprint density at radius 3 is 2.19 bits per heavy atom. The number of hydrogen-bond acceptors (Lipinski definition) is 10. The van der Waals surface area contributed by atoms with Gasteiger partial charge in [-0.2, -0.15) is 0 Å². The molecule has 1 aliphatic rings. The van der Waals surface area contributed by atoms with Gasteiger partial charge in [-0.1, -0.05) is 53.4 Å². The Balaban J connectivity index is 1.13. The molecule has 6 N–H and O–H groups in total. The lowest BCUT2D eigenvalue weighted by atomic mass is 9.82. The smallest absolute Gasteiger partial charge is 0.230 e. The largest absolute Gasteiger partial charge is 0.399 e. The molecule has 2 unspecified atom stereocenters. The molecule has 1 aliphatic carbocycles. The van der Waals surface area contributed by atoms with E-state index in [2.05, 4.69) is 37.1 Å². The van der Waals surface area contributed by atoms with E-state index in [4.69, 9.17) is 11.5 Å². The Morgan fingerprint density at radius 1 is 0.865 bits per heavy atom. The Labute approximate surface area is 223 Å². The third-order valence-electron chi connectivity index (χ3n) is 6.46. The molecule has 0 bridgehead atoms. The van der Waals surface area contributed by atoms with Crippen LogP contribution in [0.5, 0.6) is 0 Å². The highest BCUT2D eigenvalue weighted by molar-refractivity contribution is 7.15. The molecule has 1 saturated carbocycles. The number of amides is 1. The lowest BCUT2D eigenvalue weighted by Crippen LogP contribution is -2.14. The van der Waals surface area contributed by atoms with Crippen molar-refractivity contribution in [3.05, 3.63) is 69.7 Å². The number of aromatic nitrogens is 4. The van der Waals surface area contributed by atoms with Crippen molar-refractivity contribution in [3.63, 3.8) is 0 Å². The van der Waals surface area contributed by atoms with Crippen molar-refractivity contribution in [2.45, 2.75) is 50.4 Å². The second-order valence-electron chi connectivity index (χ2n) is 9.34. The Kier molecular flexibility index (Phi) is 7.90. The normalized spacial score (nSPS) is 17.4. The van der Waals surface area contributed by atoms with Gasteiger partial charge in [-0.15, -0.1) is 20.4 Å². The van der Waals surface area contributed by atoms with Crippen LogP contribution in [0.1, 0.15) is 58.7 Å². The van der Waals surface area contributed by atoms with Crippen molar-refractivity contribution in [2.24, 2.45) is 0 Å². The van der Waals surface area contributed by atoms with Crippen LogP contribution in [-0.4, -0.2) is 32.8 Å². The summed E-state index contributed by atoms with van der Waals surface area (Å²) in [6, 6.07) is 15.3. The highest BCUT2D eigenvalue weighted by atomic mass is 32.1. The molecule has 11 heteroatoms. The monoisotopic (exact) mass is 534 g/mol. The number of rotatable bonds is 9. The average Bonchev–Trinajstić information content (AvgIpc) is 3.54. The van der Waals surface area contributed by atoms with Crippen molar-refractivity contribution in [1.82, 2.24) is 20.4 Å². The van der Waals surface area contributed by atoms with Gasteiger partial charge >= 0.3 is 0 Å². The Morgan fingerprint density at radius 2 is 1.49 bits per heavy atom. The van der Waals surface area contributed by atoms with Gasteiger partial charge < -0.3 is 22.1 Å². The van der Waals surface area contributed by atoms with Crippen molar-refractivity contribution in [2.75, 3.05) is 28.6 Å². The summed E-state index contributed by atoms with van der Waals surface area (Å²) in [5.41, 5.74) is 15.2. The van der Waals surface area contributed by atoms with Gasteiger partial charge in [0.25, 0.3) is 0 Å². The van der Waals surface area contributed by atoms with E-state index in [0.717, 1.165) is 65.0 Å². The minimum absolute atomic E-state index is 0.126. The van der Waals surface area contributed by atoms with Gasteiger partial charge in [-0.05, 0) is 61.1 Å². The topological polar surface area (TPSA) is 145 Å². The summed E-state index contributed by atoms with van der Waals surface area (Å²) in [4.78, 5) is 12.5. The number of nitrogen functional groups attached to an aromatic ring is 2. The molecule has 37 heavy (non-hydrogen) atoms. The highest BCUT2D eigenvalue weighted by Gasteiger charge is 2.29. The van der Waals surface area contributed by atoms with Gasteiger partial charge in [0.15, 0.2) is 0 Å². The van der Waals surface area contributed by atoms with E-state index in [9.17, 15) is 4.79 Å². The molecule has 0 saturated heterocycles. The molecule has 2 aromatic heterocycles. The van der Waals surface area contributed by atoms with Crippen LogP contribution in [0.4, 0.5) is 21.6 Å². The van der Waals surface area contributed by atoms with E-state index in [0.29, 0.717) is 22.7 Å². The summed E-state index contributed by atoms with van der Waals surface area (Å²) in [6.45, 7) is 0.780. The molecule has 1 fully saturated rings. The Hall–Kier alpha value is -3.57. The second kappa shape index (κ2) is 11.7. The molecule has 2 aromatic carbocycles. The van der Waals surface area contributed by atoms with Crippen molar-refractivity contribution >= 4 is 50.2 Å². The van der Waals surface area contributed by atoms with Gasteiger partial charge in [0.2, 0.25) is 16.2 Å². The van der Waals surface area contributed by atoms with Crippen LogP contribution in [0.3, 0.4) is 0 Å². The van der Waals surface area contributed by atoms with Crippen LogP contribution < -0.4 is 22.1 Å². The van der Waals surface area contributed by atoms with Crippen LogP contribution in [-0.2, 0) is 17.6 Å². The lowest BCUT2D eigenvalue weighted by molar-refractivity contribution is -0.115. The number of benzene rings is 2. The molecule has 0 aliphatic heterocycles. The zero-order valence-corrected chi connectivity index (χ0v) is 22.0. The van der Waals surface area contributed by atoms with E-state index in [-0.39, 0.29) is 12.3 Å². The van der Waals surface area contributed by atoms with E-state index in [1.165, 1.54) is 16.9 Å². The molecule has 0 spiro atoms. The van der Waals surface area contributed by atoms with Crippen molar-refractivity contribution < 1.29 is 4.79 Å². The van der Waals surface area contributed by atoms with Gasteiger partial charge in [0.1, 0.15) is 10.0 Å². The summed E-state index contributed by atoms with van der Waals surface area (Å²) in [5, 5.41) is 27.2. The number of hydrogen-bond donors (Lipinski definition) is 4. The summed E-state index contributed by atoms with van der Waals surface area (Å²) in [6.07, 6.45) is 5.34. The van der Waals surface area contributed by atoms with E-state index in [1.807, 2.05) is 30.3 Å². The fourth-order valence-electron chi connectivity index (χ4n) is 4.67. The van der Waals surface area contributed by atoms with E-state index in [1.54, 1.807) is 23.5 Å². The number of anilines is 4. The van der Waals surface area contributed by atoms with Crippen LogP contribution >= 0.6 is 22.7 Å². The first-order valence-electron chi connectivity index (χ1n) is 12.4. The Bertz CT molecular complexity index is 1350. The number of nitrogens with two attached hydrogens (primary N) is 2. The quantitative estimate of drug-likeness (QED) is 0.223. The number of nitrogens with one attached hydrogen (secondary N) is 2. The molecule has 192 valence electrons. The molecule has 0 radical (unpaired) electrons. The van der Waals surface area contributed by atoms with Gasteiger partial charge in [0, 0.05) is 29.8 Å². The third-order valence-corrected chi connectivity index (χ3v) is 8.50. The third kappa shape index (κ3) is 6.80. The fourth-order valence-corrected chi connectivity index (χ4v) is 6.50. The predicted octanol–water partition coefficient (Wildman–Crippen LogP) is 4.83. The highest BCUT2D eigenvalue weighted by Crippen LogP contribution is 2.43. The zero-order valence-electron chi connectivity index (χ0n) is 20.4. The molecule has 2 atom stereocenters. The van der Waals surface area contributed by atoms with Gasteiger partial charge in [-0.3, -0.25) is 4.79 Å². The van der Waals surface area contributed by atoms with Gasteiger partial charge in [0.05, 0.1) is 6.42 Å². The standard InChI is InChI=1S/C26H30N8OS2/c27-20-8-1-4-16(12-20)10-11-29-25-33-31-23(36-25)18-6-3-7-19(15-18)24-32-34-26(37-24)30-22(35)14-17-5-2-9-21(28)13-17/h1-2,4-5,8-9,12-13,18-19H,3,6-7,10-11,14-15,27-28H2,(H,29,33)(H,30,34,35). The maximum atomic E-state index is 12.5. The minimum Gasteiger partial charge on any atom is -0.399 e. The van der Waals surface area contributed by atoms with Crippen LogP contribution in [0, 0.1) is 0 Å². The number of carbonyl (C=O) groups is 1. The SMILES string of the molecule is Nc1cccc(CCNc2nnc(C3CCCC(c4nnc(NC(=O)Cc5cccc(N)c5)s4)C3)s2)c1. The maximum Gasteiger partial charge on any atom is 0.230 e. The summed E-state index contributed by atoms with van der Waals surface area (Å²) < 4.78 is 0. The zero-order chi connectivity index (χ0) is 25.6. The lowest BCUT2D eigenvalue weighted by Gasteiger charge is -2.25. The molecule has 9 nitrogen and oxygen atoms in total. The molecule has 2 heterocycles. The molecule has 4 aromatic rings. The first kappa shape index (κ1) is 25.1. The van der Waals surface area contributed by atoms with Crippen LogP contribution in [0.25, 0.3) is 0 Å². The van der Waals surface area contributed by atoms with Gasteiger partial charge in [-0.25, -0.2) is 0 Å². The molecule has 5 rings (SSSR count). The van der Waals surface area contributed by atoms with Crippen LogP contribution in [0.2, 0.25) is 0 Å². The second-order valence-corrected chi connectivity index (χ2v) is 11.4. The first-order valence-corrected chi connectivity index (χ1v) is 14.0. The van der Waals surface area contributed by atoms with Crippen molar-refractivity contribution in [1.29, 1.82) is 0 Å².